The van der Waals surface area contributed by atoms with Gasteiger partial charge in [-0.05, 0) is 20.8 Å². The van der Waals surface area contributed by atoms with E-state index in [0.29, 0.717) is 19.8 Å². The summed E-state index contributed by atoms with van der Waals surface area (Å²) in [5.41, 5.74) is 0. The summed E-state index contributed by atoms with van der Waals surface area (Å²) in [6.45, 7) is 14.8. The third-order valence-electron chi connectivity index (χ3n) is 3.11. The first-order valence-corrected chi connectivity index (χ1v) is 12.6. The molecule has 0 atom stereocenters. The second-order valence-electron chi connectivity index (χ2n) is 5.68. The van der Waals surface area contributed by atoms with Gasteiger partial charge in [0.05, 0.1) is 8.07 Å². The van der Waals surface area contributed by atoms with Crippen LogP contribution in [0.1, 0.15) is 20.8 Å². The Morgan fingerprint density at radius 3 is 1.35 bits per heavy atom. The molecule has 0 saturated heterocycles. The van der Waals surface area contributed by atoms with Gasteiger partial charge in [-0.2, -0.15) is 0 Å². The molecule has 0 heterocycles. The highest BCUT2D eigenvalue weighted by Gasteiger charge is 2.43. The van der Waals surface area contributed by atoms with Gasteiger partial charge < -0.3 is 13.3 Å². The highest BCUT2D eigenvalue weighted by atomic mass is 28.4. The van der Waals surface area contributed by atoms with E-state index in [1.807, 2.05) is 20.8 Å². The fourth-order valence-corrected chi connectivity index (χ4v) is 5.75. The van der Waals surface area contributed by atoms with E-state index in [1.54, 1.807) is 0 Å². The molecule has 0 amide bonds. The molecule has 1 rings (SSSR count). The maximum atomic E-state index is 5.93. The molecule has 5 heteroatoms. The monoisotopic (exact) mass is 312 g/mol. The second kappa shape index (κ2) is 7.52. The Morgan fingerprint density at radius 2 is 1.05 bits per heavy atom. The normalized spacial score (nSPS) is 12.7. The van der Waals surface area contributed by atoms with Crippen molar-refractivity contribution in [2.24, 2.45) is 0 Å². The van der Waals surface area contributed by atoms with Crippen molar-refractivity contribution in [3.8, 4) is 0 Å². The van der Waals surface area contributed by atoms with Crippen LogP contribution in [0.3, 0.4) is 0 Å². The van der Waals surface area contributed by atoms with Gasteiger partial charge in [0.15, 0.2) is 0 Å². The van der Waals surface area contributed by atoms with Crippen LogP contribution < -0.4 is 10.4 Å². The molecule has 0 bridgehead atoms. The zero-order valence-electron chi connectivity index (χ0n) is 13.7. The number of hydrogen-bond donors (Lipinski definition) is 0. The van der Waals surface area contributed by atoms with Gasteiger partial charge in [-0.3, -0.25) is 0 Å². The first-order valence-electron chi connectivity index (χ1n) is 7.42. The molecule has 3 nitrogen and oxygen atoms in total. The number of rotatable bonds is 8. The number of benzene rings is 1. The highest BCUT2D eigenvalue weighted by Crippen LogP contribution is 2.11. The third kappa shape index (κ3) is 4.26. The van der Waals surface area contributed by atoms with Crippen LogP contribution in [0.4, 0.5) is 0 Å². The first kappa shape index (κ1) is 17.6. The average molecular weight is 313 g/mol. The van der Waals surface area contributed by atoms with Crippen LogP contribution in [0, 0.1) is 0 Å². The van der Waals surface area contributed by atoms with Crippen LogP contribution in [-0.4, -0.2) is 36.7 Å². The lowest BCUT2D eigenvalue weighted by Crippen LogP contribution is -2.57. The van der Waals surface area contributed by atoms with E-state index in [2.05, 4.69) is 43.9 Å². The van der Waals surface area contributed by atoms with Gasteiger partial charge in [-0.15, -0.1) is 0 Å². The molecule has 0 unspecified atom stereocenters. The predicted octanol–water partition coefficient (Wildman–Crippen LogP) is 2.49. The van der Waals surface area contributed by atoms with Crippen molar-refractivity contribution in [2.75, 3.05) is 19.8 Å². The van der Waals surface area contributed by atoms with Crippen molar-refractivity contribution >= 4 is 27.3 Å². The van der Waals surface area contributed by atoms with Gasteiger partial charge >= 0.3 is 8.80 Å². The van der Waals surface area contributed by atoms with Crippen molar-refractivity contribution in [3.63, 3.8) is 0 Å². The Hall–Kier alpha value is -0.466. The Labute approximate surface area is 125 Å². The summed E-state index contributed by atoms with van der Waals surface area (Å²) >= 11 is 0. The van der Waals surface area contributed by atoms with E-state index in [1.165, 1.54) is 5.19 Å². The van der Waals surface area contributed by atoms with E-state index in [9.17, 15) is 0 Å². The van der Waals surface area contributed by atoms with Gasteiger partial charge in [0, 0.05) is 25.0 Å². The Balaban J connectivity index is 3.13. The smallest absolute Gasteiger partial charge is 0.370 e. The average Bonchev–Trinajstić information content (AvgIpc) is 2.38. The molecule has 0 spiro atoms. The van der Waals surface area contributed by atoms with Crippen LogP contribution in [0.2, 0.25) is 19.6 Å². The Bertz CT molecular complexity index is 382. The molecule has 1 aromatic rings. The Morgan fingerprint density at radius 1 is 0.700 bits per heavy atom. The SMILES string of the molecule is CCO[Si](OCC)(OCC)c1ccc([Si](C)(C)C)cc1. The van der Waals surface area contributed by atoms with Crippen LogP contribution in [0.25, 0.3) is 0 Å². The number of hydrogen-bond acceptors (Lipinski definition) is 3. The first-order chi connectivity index (χ1) is 9.39. The summed E-state index contributed by atoms with van der Waals surface area (Å²) in [7, 11) is -4.02. The predicted molar refractivity (Wildman–Crippen MR) is 89.7 cm³/mol. The van der Waals surface area contributed by atoms with Crippen molar-refractivity contribution in [1.29, 1.82) is 0 Å². The zero-order chi connectivity index (χ0) is 15.2. The van der Waals surface area contributed by atoms with Crippen LogP contribution in [0.15, 0.2) is 24.3 Å². The summed E-state index contributed by atoms with van der Waals surface area (Å²) in [6, 6.07) is 8.67. The molecular weight excluding hydrogens is 284 g/mol. The maximum Gasteiger partial charge on any atom is 0.537 e. The van der Waals surface area contributed by atoms with Gasteiger partial charge in [0.2, 0.25) is 0 Å². The lowest BCUT2D eigenvalue weighted by Gasteiger charge is -2.29. The molecule has 0 N–H and O–H groups in total. The van der Waals surface area contributed by atoms with Gasteiger partial charge in [0.25, 0.3) is 0 Å². The summed E-state index contributed by atoms with van der Waals surface area (Å²) < 4.78 is 17.8. The molecule has 114 valence electrons. The van der Waals surface area contributed by atoms with Crippen molar-refractivity contribution in [1.82, 2.24) is 0 Å². The van der Waals surface area contributed by atoms with Crippen molar-refractivity contribution < 1.29 is 13.3 Å². The Kier molecular flexibility index (Phi) is 6.61. The third-order valence-corrected chi connectivity index (χ3v) is 8.22. The molecule has 20 heavy (non-hydrogen) atoms. The van der Waals surface area contributed by atoms with E-state index in [-0.39, 0.29) is 0 Å². The summed E-state index contributed by atoms with van der Waals surface area (Å²) in [5.74, 6) is 0. The van der Waals surface area contributed by atoms with E-state index in [4.69, 9.17) is 13.3 Å². The zero-order valence-corrected chi connectivity index (χ0v) is 15.7. The summed E-state index contributed by atoms with van der Waals surface area (Å²) in [6.07, 6.45) is 0. The molecule has 0 radical (unpaired) electrons. The van der Waals surface area contributed by atoms with Crippen LogP contribution in [-0.2, 0) is 13.3 Å². The van der Waals surface area contributed by atoms with Gasteiger partial charge in [-0.25, -0.2) is 0 Å². The van der Waals surface area contributed by atoms with Crippen LogP contribution in [0.5, 0.6) is 0 Å². The second-order valence-corrected chi connectivity index (χ2v) is 13.3. The molecule has 0 aliphatic carbocycles. The quantitative estimate of drug-likeness (QED) is 0.690. The summed E-state index contributed by atoms with van der Waals surface area (Å²) in [4.78, 5) is 0. The maximum absolute atomic E-state index is 5.93. The molecule has 0 aliphatic heterocycles. The standard InChI is InChI=1S/C15H28O3Si2/c1-7-16-20(17-8-2,18-9-3)15-12-10-14(11-13-15)19(4,5)6/h10-13H,7-9H2,1-6H3. The molecule has 0 aromatic heterocycles. The molecule has 0 saturated carbocycles. The van der Waals surface area contributed by atoms with Crippen LogP contribution >= 0.6 is 0 Å². The van der Waals surface area contributed by atoms with E-state index in [0.717, 1.165) is 5.19 Å². The van der Waals surface area contributed by atoms with Crippen molar-refractivity contribution in [2.45, 2.75) is 40.4 Å². The minimum Gasteiger partial charge on any atom is -0.370 e. The topological polar surface area (TPSA) is 27.7 Å². The molecule has 1 aromatic carbocycles. The fourth-order valence-electron chi connectivity index (χ4n) is 2.12. The van der Waals surface area contributed by atoms with Gasteiger partial charge in [-0.1, -0.05) is 49.1 Å². The minimum atomic E-state index is -2.74. The molecular formula is C15H28O3Si2. The highest BCUT2D eigenvalue weighted by molar-refractivity contribution is 6.88. The lowest BCUT2D eigenvalue weighted by atomic mass is 10.4. The van der Waals surface area contributed by atoms with E-state index < -0.39 is 16.9 Å². The summed E-state index contributed by atoms with van der Waals surface area (Å²) in [5, 5.41) is 2.50. The fraction of sp³-hybridized carbons (Fsp3) is 0.600. The van der Waals surface area contributed by atoms with E-state index >= 15 is 0 Å². The van der Waals surface area contributed by atoms with Crippen molar-refractivity contribution in [3.05, 3.63) is 24.3 Å². The molecule has 0 aliphatic rings. The lowest BCUT2D eigenvalue weighted by molar-refractivity contribution is 0.0859. The molecule has 0 fully saturated rings. The van der Waals surface area contributed by atoms with Gasteiger partial charge in [0.1, 0.15) is 0 Å². The minimum absolute atomic E-state index is 0.599. The largest absolute Gasteiger partial charge is 0.537 e.